The normalized spacial score (nSPS) is 21.7. The van der Waals surface area contributed by atoms with Crippen molar-refractivity contribution in [1.82, 2.24) is 4.98 Å². The van der Waals surface area contributed by atoms with E-state index < -0.39 is 0 Å². The monoisotopic (exact) mass is 354 g/mol. The molecule has 1 fully saturated rings. The molecule has 1 saturated carbocycles. The number of hydrogen-bond acceptors (Lipinski definition) is 5. The Morgan fingerprint density at radius 1 is 1.20 bits per heavy atom. The molecule has 1 heterocycles. The standard InChI is InChI=1S/C20H22N2O2S/c1-20(23-2)11-9-17-18(13-20)21-12-10-19(17)24-15-5-3-14(4-6-15)22-25-16-7-8-16/h3-6,9-10,12-13,16,22H,7-8,11H2,1-2H3. The molecule has 2 aliphatic rings. The fourth-order valence-electron chi connectivity index (χ4n) is 2.73. The van der Waals surface area contributed by atoms with Gasteiger partial charge < -0.3 is 14.2 Å². The lowest BCUT2D eigenvalue weighted by atomic mass is 9.96. The second kappa shape index (κ2) is 6.73. The van der Waals surface area contributed by atoms with Crippen LogP contribution in [0.15, 0.2) is 36.5 Å². The van der Waals surface area contributed by atoms with Gasteiger partial charge >= 0.3 is 0 Å². The van der Waals surface area contributed by atoms with Gasteiger partial charge in [0.05, 0.1) is 11.0 Å². The molecule has 25 heavy (non-hydrogen) atoms. The Balaban J connectivity index is 1.53. The van der Waals surface area contributed by atoms with Gasteiger partial charge in [-0.3, -0.25) is 4.98 Å². The number of rotatable bonds is 6. The third-order valence-corrected chi connectivity index (χ3v) is 5.71. The topological polar surface area (TPSA) is 43.4 Å². The van der Waals surface area contributed by atoms with Crippen molar-refractivity contribution in [2.45, 2.75) is 37.0 Å². The van der Waals surface area contributed by atoms with Crippen molar-refractivity contribution in [3.63, 3.8) is 0 Å². The molecule has 2 aliphatic carbocycles. The number of pyridine rings is 1. The third-order valence-electron chi connectivity index (χ3n) is 4.55. The van der Waals surface area contributed by atoms with Crippen LogP contribution in [-0.2, 0) is 4.74 Å². The molecule has 2 aromatic rings. The van der Waals surface area contributed by atoms with E-state index in [1.165, 1.54) is 12.8 Å². The van der Waals surface area contributed by atoms with E-state index in [1.807, 2.05) is 18.2 Å². The van der Waals surface area contributed by atoms with Gasteiger partial charge in [0.15, 0.2) is 0 Å². The number of nitrogens with one attached hydrogen (secondary N) is 1. The summed E-state index contributed by atoms with van der Waals surface area (Å²) in [6.07, 6.45) is 9.44. The zero-order chi connectivity index (χ0) is 17.3. The van der Waals surface area contributed by atoms with Gasteiger partial charge in [-0.15, -0.1) is 0 Å². The molecule has 0 radical (unpaired) electrons. The van der Waals surface area contributed by atoms with E-state index in [4.69, 9.17) is 9.47 Å². The van der Waals surface area contributed by atoms with Crippen LogP contribution >= 0.6 is 11.9 Å². The zero-order valence-corrected chi connectivity index (χ0v) is 15.3. The van der Waals surface area contributed by atoms with E-state index in [-0.39, 0.29) is 5.60 Å². The Bertz CT molecular complexity index is 878. The first-order valence-electron chi connectivity index (χ1n) is 8.58. The summed E-state index contributed by atoms with van der Waals surface area (Å²) in [5.74, 6) is 1.65. The maximum Gasteiger partial charge on any atom is 0.138 e. The maximum absolute atomic E-state index is 6.10. The van der Waals surface area contributed by atoms with Crippen LogP contribution in [-0.4, -0.2) is 22.9 Å². The fraction of sp³-hybridized carbons (Fsp3) is 0.350. The molecule has 1 atom stereocenters. The molecule has 0 aliphatic heterocycles. The number of nitrogens with zero attached hydrogens (tertiary/aromatic N) is 1. The number of ether oxygens (including phenoxy) is 2. The number of methoxy groups -OCH3 is 1. The van der Waals surface area contributed by atoms with E-state index in [2.05, 4.69) is 40.9 Å². The third kappa shape index (κ3) is 3.83. The van der Waals surface area contributed by atoms with E-state index in [0.717, 1.165) is 39.4 Å². The van der Waals surface area contributed by atoms with Crippen molar-refractivity contribution < 1.29 is 9.47 Å². The molecule has 4 rings (SSSR count). The fourth-order valence-corrected chi connectivity index (χ4v) is 3.54. The van der Waals surface area contributed by atoms with Crippen LogP contribution < -0.4 is 20.0 Å². The molecule has 0 spiro atoms. The Hall–Kier alpha value is -1.98. The summed E-state index contributed by atoms with van der Waals surface area (Å²) < 4.78 is 15.1. The van der Waals surface area contributed by atoms with Crippen molar-refractivity contribution in [3.8, 4) is 11.5 Å². The zero-order valence-electron chi connectivity index (χ0n) is 14.5. The number of aromatic nitrogens is 1. The first-order valence-corrected chi connectivity index (χ1v) is 9.46. The first kappa shape index (κ1) is 16.5. The van der Waals surface area contributed by atoms with Crippen LogP contribution in [0, 0.1) is 0 Å². The van der Waals surface area contributed by atoms with E-state index in [0.29, 0.717) is 0 Å². The van der Waals surface area contributed by atoms with Crippen molar-refractivity contribution in [2.24, 2.45) is 0 Å². The lowest BCUT2D eigenvalue weighted by Gasteiger charge is -2.25. The Morgan fingerprint density at radius 3 is 2.72 bits per heavy atom. The van der Waals surface area contributed by atoms with Crippen LogP contribution in [0.25, 0.3) is 12.2 Å². The summed E-state index contributed by atoms with van der Waals surface area (Å²) in [7, 11) is 1.73. The van der Waals surface area contributed by atoms with Gasteiger partial charge in [-0.25, -0.2) is 0 Å². The second-order valence-electron chi connectivity index (χ2n) is 6.72. The minimum Gasteiger partial charge on any atom is -0.457 e. The molecule has 1 aromatic heterocycles. The molecule has 0 saturated heterocycles. The second-order valence-corrected chi connectivity index (χ2v) is 7.83. The lowest BCUT2D eigenvalue weighted by Crippen LogP contribution is -2.39. The van der Waals surface area contributed by atoms with Gasteiger partial charge in [-0.1, -0.05) is 6.08 Å². The van der Waals surface area contributed by atoms with Gasteiger partial charge in [0.25, 0.3) is 0 Å². The predicted octanol–water partition coefficient (Wildman–Crippen LogP) is 3.47. The number of benzene rings is 1. The van der Waals surface area contributed by atoms with E-state index in [1.54, 1.807) is 25.3 Å². The molecule has 4 nitrogen and oxygen atoms in total. The van der Waals surface area contributed by atoms with Crippen LogP contribution in [0.5, 0.6) is 11.5 Å². The van der Waals surface area contributed by atoms with E-state index >= 15 is 0 Å². The Labute approximate surface area is 152 Å². The van der Waals surface area contributed by atoms with Crippen LogP contribution in [0.2, 0.25) is 0 Å². The van der Waals surface area contributed by atoms with Crippen molar-refractivity contribution >= 4 is 29.8 Å². The lowest BCUT2D eigenvalue weighted by molar-refractivity contribution is 0.0672. The highest BCUT2D eigenvalue weighted by molar-refractivity contribution is 8.01. The molecular weight excluding hydrogens is 332 g/mol. The average molecular weight is 354 g/mol. The molecule has 1 N–H and O–H groups in total. The molecule has 0 amide bonds. The minimum absolute atomic E-state index is 0.300. The summed E-state index contributed by atoms with van der Waals surface area (Å²) in [6.45, 7) is 2.06. The molecule has 1 aromatic carbocycles. The summed E-state index contributed by atoms with van der Waals surface area (Å²) in [5, 5.41) is 2.72. The maximum atomic E-state index is 6.10. The molecule has 0 bridgehead atoms. The van der Waals surface area contributed by atoms with Gasteiger partial charge in [0.2, 0.25) is 0 Å². The summed E-state index contributed by atoms with van der Waals surface area (Å²) in [5.41, 5.74) is 0.808. The Kier molecular flexibility index (Phi) is 4.44. The number of hydrogen-bond donors (Lipinski definition) is 1. The van der Waals surface area contributed by atoms with E-state index in [9.17, 15) is 0 Å². The summed E-state index contributed by atoms with van der Waals surface area (Å²) >= 11 is 1.81. The van der Waals surface area contributed by atoms with Crippen LogP contribution in [0.4, 0.5) is 5.69 Å². The predicted molar refractivity (Wildman–Crippen MR) is 103 cm³/mol. The van der Waals surface area contributed by atoms with Crippen molar-refractivity contribution in [3.05, 3.63) is 47.1 Å². The van der Waals surface area contributed by atoms with Crippen LogP contribution in [0.1, 0.15) is 26.2 Å². The highest BCUT2D eigenvalue weighted by Gasteiger charge is 2.23. The minimum atomic E-state index is -0.300. The first-order chi connectivity index (χ1) is 12.1. The van der Waals surface area contributed by atoms with Gasteiger partial charge in [-0.05, 0) is 74.5 Å². The quantitative estimate of drug-likeness (QED) is 0.805. The van der Waals surface area contributed by atoms with Crippen molar-refractivity contribution in [1.29, 1.82) is 0 Å². The largest absolute Gasteiger partial charge is 0.457 e. The van der Waals surface area contributed by atoms with Gasteiger partial charge in [0, 0.05) is 29.5 Å². The number of anilines is 1. The highest BCUT2D eigenvalue weighted by Crippen LogP contribution is 2.34. The van der Waals surface area contributed by atoms with Gasteiger partial charge in [-0.2, -0.15) is 0 Å². The van der Waals surface area contributed by atoms with Crippen LogP contribution in [0.3, 0.4) is 0 Å². The highest BCUT2D eigenvalue weighted by atomic mass is 32.2. The summed E-state index contributed by atoms with van der Waals surface area (Å²) in [4.78, 5) is 4.47. The summed E-state index contributed by atoms with van der Waals surface area (Å²) in [6, 6.07) is 10.0. The van der Waals surface area contributed by atoms with Crippen molar-refractivity contribution in [2.75, 3.05) is 11.8 Å². The molecular formula is C20H22N2O2S. The molecule has 130 valence electrons. The SMILES string of the molecule is COC1(C)C=c2nccc(Oc3ccc(NSC4CC4)cc3)c2=CC1. The number of fused-ring (bicyclic) bond motifs is 1. The molecule has 1 unspecified atom stereocenters. The molecule has 5 heteroatoms. The Morgan fingerprint density at radius 2 is 2.00 bits per heavy atom. The van der Waals surface area contributed by atoms with Gasteiger partial charge in [0.1, 0.15) is 11.5 Å². The average Bonchev–Trinajstić information content (AvgIpc) is 3.46. The smallest absolute Gasteiger partial charge is 0.138 e.